The van der Waals surface area contributed by atoms with Gasteiger partial charge in [0.15, 0.2) is 0 Å². The standard InChI is InChI=1S/C39H61N7O7/c1-8-27(2)33(46-22-21-44(38(46)52)25-30-19-15-16-28(3)40-30)35(49)41-31(24-29-17-11-9-12-18-29)32(48)26-45(20-13-10-14-23-47)43-36(50)34(39(4,5)6)42-37(51)53-7/h9,11-12,15-19,27,31-34,47-48H,8,10,13-14,20-26H2,1-7H3,(H,41,49)(H,42,51)(H,43,50). The number of amides is 5. The molecular weight excluding hydrogens is 678 g/mol. The Morgan fingerprint density at radius 1 is 1.00 bits per heavy atom. The molecule has 0 saturated carbocycles. The van der Waals surface area contributed by atoms with Gasteiger partial charge >= 0.3 is 12.1 Å². The molecule has 1 fully saturated rings. The molecule has 0 radical (unpaired) electrons. The minimum Gasteiger partial charge on any atom is -0.453 e. The van der Waals surface area contributed by atoms with Gasteiger partial charge in [0.1, 0.15) is 12.1 Å². The van der Waals surface area contributed by atoms with Gasteiger partial charge in [0.2, 0.25) is 5.91 Å². The van der Waals surface area contributed by atoms with Gasteiger partial charge in [0, 0.05) is 38.5 Å². The Morgan fingerprint density at radius 3 is 2.34 bits per heavy atom. The van der Waals surface area contributed by atoms with Gasteiger partial charge in [-0.3, -0.25) is 20.0 Å². The number of alkyl carbamates (subject to hydrolysis) is 1. The van der Waals surface area contributed by atoms with Crippen molar-refractivity contribution in [2.24, 2.45) is 11.3 Å². The van der Waals surface area contributed by atoms with E-state index in [1.165, 1.54) is 7.11 Å². The second kappa shape index (κ2) is 20.8. The average molecular weight is 740 g/mol. The van der Waals surface area contributed by atoms with Gasteiger partial charge in [-0.05, 0) is 61.6 Å². The van der Waals surface area contributed by atoms with Crippen LogP contribution in [0.4, 0.5) is 9.59 Å². The number of aryl methyl sites for hydroxylation is 1. The summed E-state index contributed by atoms with van der Waals surface area (Å²) in [5.41, 5.74) is 4.74. The molecule has 1 saturated heterocycles. The number of benzene rings is 1. The van der Waals surface area contributed by atoms with Crippen molar-refractivity contribution in [2.45, 2.75) is 104 Å². The maximum atomic E-state index is 14.3. The van der Waals surface area contributed by atoms with E-state index < -0.39 is 41.6 Å². The molecule has 14 nitrogen and oxygen atoms in total. The van der Waals surface area contributed by atoms with Crippen LogP contribution in [0.25, 0.3) is 0 Å². The molecule has 3 rings (SSSR count). The number of nitrogens with zero attached hydrogens (tertiary/aromatic N) is 4. The summed E-state index contributed by atoms with van der Waals surface area (Å²) < 4.78 is 4.76. The number of nitrogens with one attached hydrogen (secondary N) is 3. The number of carbonyl (C=O) groups is 4. The lowest BCUT2D eigenvalue weighted by atomic mass is 9.86. The molecule has 5 amide bonds. The van der Waals surface area contributed by atoms with Gasteiger partial charge in [0.05, 0.1) is 31.5 Å². The van der Waals surface area contributed by atoms with Crippen LogP contribution in [0.2, 0.25) is 0 Å². The lowest BCUT2D eigenvalue weighted by molar-refractivity contribution is -0.132. The van der Waals surface area contributed by atoms with Gasteiger partial charge in [-0.2, -0.15) is 0 Å². The van der Waals surface area contributed by atoms with Crippen molar-refractivity contribution in [1.82, 2.24) is 35.9 Å². The van der Waals surface area contributed by atoms with E-state index in [1.807, 2.05) is 90.1 Å². The van der Waals surface area contributed by atoms with E-state index in [1.54, 1.807) is 14.8 Å². The Bertz CT molecular complexity index is 1470. The zero-order chi connectivity index (χ0) is 39.1. The smallest absolute Gasteiger partial charge is 0.407 e. The van der Waals surface area contributed by atoms with Gasteiger partial charge < -0.3 is 35.4 Å². The molecule has 1 aliphatic heterocycles. The highest BCUT2D eigenvalue weighted by Crippen LogP contribution is 2.23. The van der Waals surface area contributed by atoms with Crippen LogP contribution in [0.1, 0.15) is 77.3 Å². The molecule has 1 aliphatic rings. The second-order valence-corrected chi connectivity index (χ2v) is 15.0. The Morgan fingerprint density at radius 2 is 1.72 bits per heavy atom. The number of rotatable bonds is 20. The van der Waals surface area contributed by atoms with Crippen LogP contribution in [0.15, 0.2) is 48.5 Å². The lowest BCUT2D eigenvalue weighted by Crippen LogP contribution is -2.60. The molecule has 5 unspecified atom stereocenters. The number of carbonyl (C=O) groups excluding carboxylic acids is 4. The number of hydrazine groups is 1. The minimum atomic E-state index is -1.16. The van der Waals surface area contributed by atoms with Crippen LogP contribution in [0.5, 0.6) is 0 Å². The van der Waals surface area contributed by atoms with E-state index >= 15 is 0 Å². The molecule has 1 aromatic carbocycles. The first-order valence-corrected chi connectivity index (χ1v) is 18.7. The Kier molecular flexibility index (Phi) is 17.0. The largest absolute Gasteiger partial charge is 0.453 e. The minimum absolute atomic E-state index is 0.0345. The van der Waals surface area contributed by atoms with Crippen molar-refractivity contribution in [2.75, 3.05) is 39.9 Å². The van der Waals surface area contributed by atoms with E-state index in [4.69, 9.17) is 4.74 Å². The quantitative estimate of drug-likeness (QED) is 0.101. The summed E-state index contributed by atoms with van der Waals surface area (Å²) in [7, 11) is 1.22. The van der Waals surface area contributed by atoms with Gasteiger partial charge in [-0.15, -0.1) is 0 Å². The fourth-order valence-corrected chi connectivity index (χ4v) is 6.45. The first-order chi connectivity index (χ1) is 25.2. The number of aliphatic hydroxyl groups is 2. The summed E-state index contributed by atoms with van der Waals surface area (Å²) in [6.45, 7) is 12.8. The van der Waals surface area contributed by atoms with E-state index in [-0.39, 0.29) is 31.0 Å². The highest BCUT2D eigenvalue weighted by Gasteiger charge is 2.41. The number of urea groups is 1. The highest BCUT2D eigenvalue weighted by molar-refractivity contribution is 5.88. The third kappa shape index (κ3) is 13.3. The highest BCUT2D eigenvalue weighted by atomic mass is 16.5. The first-order valence-electron chi connectivity index (χ1n) is 18.7. The topological polar surface area (TPSA) is 177 Å². The third-order valence-electron chi connectivity index (χ3n) is 9.64. The molecule has 0 aliphatic carbocycles. The monoisotopic (exact) mass is 739 g/mol. The second-order valence-electron chi connectivity index (χ2n) is 15.0. The molecule has 294 valence electrons. The van der Waals surface area contributed by atoms with Crippen molar-refractivity contribution in [3.8, 4) is 0 Å². The van der Waals surface area contributed by atoms with Gasteiger partial charge in [-0.25, -0.2) is 14.6 Å². The van der Waals surface area contributed by atoms with Gasteiger partial charge in [0.25, 0.3) is 5.91 Å². The number of pyridine rings is 1. The maximum absolute atomic E-state index is 14.3. The van der Waals surface area contributed by atoms with E-state index in [2.05, 4.69) is 21.0 Å². The summed E-state index contributed by atoms with van der Waals surface area (Å²) >= 11 is 0. The van der Waals surface area contributed by atoms with E-state index in [0.29, 0.717) is 58.3 Å². The summed E-state index contributed by atoms with van der Waals surface area (Å²) in [6.07, 6.45) is 0.906. The molecular formula is C39H61N7O7. The fourth-order valence-electron chi connectivity index (χ4n) is 6.45. The predicted molar refractivity (Wildman–Crippen MR) is 202 cm³/mol. The zero-order valence-electron chi connectivity index (χ0n) is 32.5. The molecule has 0 spiro atoms. The average Bonchev–Trinajstić information content (AvgIpc) is 3.46. The van der Waals surface area contributed by atoms with E-state index in [0.717, 1.165) is 17.0 Å². The zero-order valence-corrected chi connectivity index (χ0v) is 32.5. The van der Waals surface area contributed by atoms with Gasteiger partial charge in [-0.1, -0.05) is 77.4 Å². The molecule has 1 aromatic heterocycles. The van der Waals surface area contributed by atoms with Crippen molar-refractivity contribution in [3.05, 3.63) is 65.5 Å². The first kappa shape index (κ1) is 43.1. The molecule has 2 heterocycles. The Labute approximate surface area is 314 Å². The summed E-state index contributed by atoms with van der Waals surface area (Å²) in [4.78, 5) is 61.8. The number of aliphatic hydroxyl groups excluding tert-OH is 2. The van der Waals surface area contributed by atoms with E-state index in [9.17, 15) is 29.4 Å². The fraction of sp³-hybridized carbons (Fsp3) is 0.615. The van der Waals surface area contributed by atoms with Crippen molar-refractivity contribution < 1.29 is 34.1 Å². The molecule has 53 heavy (non-hydrogen) atoms. The molecule has 2 aromatic rings. The molecule has 5 N–H and O–H groups in total. The number of methoxy groups -OCH3 is 1. The van der Waals surface area contributed by atoms with Crippen LogP contribution in [0, 0.1) is 18.3 Å². The Balaban J connectivity index is 1.86. The number of aromatic nitrogens is 1. The molecule has 14 heteroatoms. The number of ether oxygens (including phenoxy) is 1. The van der Waals surface area contributed by atoms with Crippen LogP contribution in [-0.2, 0) is 27.3 Å². The van der Waals surface area contributed by atoms with Crippen LogP contribution >= 0.6 is 0 Å². The van der Waals surface area contributed by atoms with Crippen molar-refractivity contribution in [1.29, 1.82) is 0 Å². The van der Waals surface area contributed by atoms with Crippen LogP contribution in [0.3, 0.4) is 0 Å². The number of hydrogen-bond acceptors (Lipinski definition) is 9. The van der Waals surface area contributed by atoms with Crippen LogP contribution < -0.4 is 16.1 Å². The normalized spacial score (nSPS) is 16.2. The third-order valence-corrected chi connectivity index (χ3v) is 9.64. The SMILES string of the molecule is CCC(C)C(C(=O)NC(Cc1ccccc1)C(O)CN(CCCCCO)NC(=O)C(NC(=O)OC)C(C)(C)C)N1CCN(Cc2cccc(C)n2)C1=O. The van der Waals surface area contributed by atoms with Crippen LogP contribution in [-0.4, -0.2) is 118 Å². The molecule has 5 atom stereocenters. The summed E-state index contributed by atoms with van der Waals surface area (Å²) in [5, 5.41) is 28.5. The summed E-state index contributed by atoms with van der Waals surface area (Å²) in [6, 6.07) is 12.4. The Hall–Kier alpha value is -4.27. The summed E-state index contributed by atoms with van der Waals surface area (Å²) in [5.74, 6) is -1.03. The predicted octanol–water partition coefficient (Wildman–Crippen LogP) is 3.40. The van der Waals surface area contributed by atoms with Crippen molar-refractivity contribution in [3.63, 3.8) is 0 Å². The number of hydrogen-bond donors (Lipinski definition) is 5. The lowest BCUT2D eigenvalue weighted by Gasteiger charge is -2.36. The maximum Gasteiger partial charge on any atom is 0.407 e. The van der Waals surface area contributed by atoms with Crippen molar-refractivity contribution >= 4 is 23.9 Å². The number of unbranched alkanes of at least 4 members (excludes halogenated alkanes) is 2. The molecule has 0 bridgehead atoms.